The molecule has 0 fully saturated rings. The molecule has 0 amide bonds. The third-order valence-corrected chi connectivity index (χ3v) is 2.59. The molecular formula is C14H19FN2. The molecule has 0 atom stereocenters. The van der Waals surface area contributed by atoms with Crippen LogP contribution in [0.1, 0.15) is 33.3 Å². The molecule has 0 aromatic heterocycles. The van der Waals surface area contributed by atoms with Gasteiger partial charge in [0, 0.05) is 18.3 Å². The molecule has 0 radical (unpaired) electrons. The second-order valence-corrected chi connectivity index (χ2v) is 4.92. The number of nitriles is 1. The average Bonchev–Trinajstić information content (AvgIpc) is 2.25. The van der Waals surface area contributed by atoms with Crippen molar-refractivity contribution in [3.8, 4) is 6.07 Å². The van der Waals surface area contributed by atoms with Crippen molar-refractivity contribution < 1.29 is 4.39 Å². The Labute approximate surface area is 103 Å². The van der Waals surface area contributed by atoms with Crippen LogP contribution in [0.15, 0.2) is 18.2 Å². The summed E-state index contributed by atoms with van der Waals surface area (Å²) < 4.78 is 13.6. The predicted octanol–water partition coefficient (Wildman–Crippen LogP) is 3.57. The van der Waals surface area contributed by atoms with E-state index < -0.39 is 5.82 Å². The van der Waals surface area contributed by atoms with Crippen LogP contribution in [0.25, 0.3) is 0 Å². The first kappa shape index (κ1) is 13.5. The van der Waals surface area contributed by atoms with Crippen LogP contribution in [0.2, 0.25) is 0 Å². The van der Waals surface area contributed by atoms with Gasteiger partial charge in [-0.2, -0.15) is 5.26 Å². The van der Waals surface area contributed by atoms with Crippen molar-refractivity contribution in [1.29, 1.82) is 5.26 Å². The summed E-state index contributed by atoms with van der Waals surface area (Å²) in [5.41, 5.74) is 0.937. The van der Waals surface area contributed by atoms with Crippen molar-refractivity contribution in [2.75, 3.05) is 11.4 Å². The molecule has 2 nitrogen and oxygen atoms in total. The molecule has 0 N–H and O–H groups in total. The molecular weight excluding hydrogens is 215 g/mol. The van der Waals surface area contributed by atoms with Crippen LogP contribution in [-0.2, 0) is 0 Å². The maximum atomic E-state index is 13.6. The molecule has 0 heterocycles. The van der Waals surface area contributed by atoms with Crippen molar-refractivity contribution in [3.05, 3.63) is 29.6 Å². The Hall–Kier alpha value is -1.56. The van der Waals surface area contributed by atoms with Gasteiger partial charge in [0.1, 0.15) is 11.9 Å². The Kier molecular flexibility index (Phi) is 4.51. The molecule has 92 valence electrons. The predicted molar refractivity (Wildman–Crippen MR) is 68.4 cm³/mol. The fourth-order valence-electron chi connectivity index (χ4n) is 1.78. The van der Waals surface area contributed by atoms with Crippen molar-refractivity contribution in [2.45, 2.75) is 33.7 Å². The molecule has 0 saturated carbocycles. The van der Waals surface area contributed by atoms with Crippen LogP contribution < -0.4 is 4.90 Å². The maximum absolute atomic E-state index is 13.6. The summed E-state index contributed by atoms with van der Waals surface area (Å²) in [5.74, 6) is 0.0653. The third-order valence-electron chi connectivity index (χ3n) is 2.59. The van der Waals surface area contributed by atoms with Gasteiger partial charge in [0.15, 0.2) is 0 Å². The van der Waals surface area contributed by atoms with E-state index in [1.54, 1.807) is 6.07 Å². The van der Waals surface area contributed by atoms with Gasteiger partial charge in [-0.15, -0.1) is 0 Å². The lowest BCUT2D eigenvalue weighted by Crippen LogP contribution is -2.34. The second kappa shape index (κ2) is 5.67. The molecule has 17 heavy (non-hydrogen) atoms. The highest BCUT2D eigenvalue weighted by Gasteiger charge is 2.14. The highest BCUT2D eigenvalue weighted by molar-refractivity contribution is 5.51. The molecule has 0 unspecified atom stereocenters. The molecule has 1 aromatic carbocycles. The highest BCUT2D eigenvalue weighted by atomic mass is 19.1. The van der Waals surface area contributed by atoms with E-state index in [0.717, 1.165) is 12.2 Å². The lowest BCUT2D eigenvalue weighted by molar-refractivity contribution is 0.567. The van der Waals surface area contributed by atoms with Gasteiger partial charge in [-0.1, -0.05) is 13.8 Å². The summed E-state index contributed by atoms with van der Waals surface area (Å²) in [6, 6.07) is 6.94. The van der Waals surface area contributed by atoms with E-state index in [1.807, 2.05) is 12.1 Å². The van der Waals surface area contributed by atoms with Gasteiger partial charge in [0.05, 0.1) is 5.56 Å². The molecule has 0 saturated heterocycles. The van der Waals surface area contributed by atoms with Crippen LogP contribution in [-0.4, -0.2) is 12.6 Å². The molecule has 0 aliphatic rings. The van der Waals surface area contributed by atoms with E-state index in [4.69, 9.17) is 5.26 Å². The summed E-state index contributed by atoms with van der Waals surface area (Å²) in [6.45, 7) is 9.31. The summed E-state index contributed by atoms with van der Waals surface area (Å²) in [7, 11) is 0. The maximum Gasteiger partial charge on any atom is 0.143 e. The zero-order chi connectivity index (χ0) is 13.0. The van der Waals surface area contributed by atoms with Crippen LogP contribution in [0, 0.1) is 23.1 Å². The third kappa shape index (κ3) is 3.45. The van der Waals surface area contributed by atoms with Crippen LogP contribution in [0.5, 0.6) is 0 Å². The van der Waals surface area contributed by atoms with Crippen LogP contribution >= 0.6 is 0 Å². The van der Waals surface area contributed by atoms with Gasteiger partial charge in [0.2, 0.25) is 0 Å². The number of nitrogens with zero attached hydrogens (tertiary/aromatic N) is 2. The van der Waals surface area contributed by atoms with Crippen molar-refractivity contribution in [3.63, 3.8) is 0 Å². The number of rotatable bonds is 4. The van der Waals surface area contributed by atoms with Crippen LogP contribution in [0.4, 0.5) is 10.1 Å². The number of hydrogen-bond acceptors (Lipinski definition) is 2. The second-order valence-electron chi connectivity index (χ2n) is 4.92. The molecule has 1 aromatic rings. The quantitative estimate of drug-likeness (QED) is 0.796. The Morgan fingerprint density at radius 1 is 1.29 bits per heavy atom. The lowest BCUT2D eigenvalue weighted by Gasteiger charge is -2.30. The fourth-order valence-corrected chi connectivity index (χ4v) is 1.78. The Bertz CT molecular complexity index is 419. The lowest BCUT2D eigenvalue weighted by atomic mass is 10.1. The fraction of sp³-hybridized carbons (Fsp3) is 0.500. The summed E-state index contributed by atoms with van der Waals surface area (Å²) in [4.78, 5) is 2.15. The van der Waals surface area contributed by atoms with Gasteiger partial charge in [-0.3, -0.25) is 0 Å². The van der Waals surface area contributed by atoms with Gasteiger partial charge in [0.25, 0.3) is 0 Å². The standard InChI is InChI=1S/C14H19FN2/c1-10(2)9-17(11(3)4)13-6-5-12(8-16)14(15)7-13/h5-7,10-11H,9H2,1-4H3. The van der Waals surface area contributed by atoms with E-state index >= 15 is 0 Å². The zero-order valence-corrected chi connectivity index (χ0v) is 10.9. The monoisotopic (exact) mass is 234 g/mol. The smallest absolute Gasteiger partial charge is 0.143 e. The largest absolute Gasteiger partial charge is 0.369 e. The van der Waals surface area contributed by atoms with E-state index in [1.165, 1.54) is 6.07 Å². The Morgan fingerprint density at radius 3 is 2.35 bits per heavy atom. The van der Waals surface area contributed by atoms with Gasteiger partial charge in [-0.05, 0) is 38.0 Å². The van der Waals surface area contributed by atoms with Crippen molar-refractivity contribution in [2.24, 2.45) is 5.92 Å². The number of hydrogen-bond donors (Lipinski definition) is 0. The SMILES string of the molecule is CC(C)CN(c1ccc(C#N)c(F)c1)C(C)C. The Balaban J connectivity index is 3.03. The van der Waals surface area contributed by atoms with E-state index in [2.05, 4.69) is 32.6 Å². The summed E-state index contributed by atoms with van der Waals surface area (Å²) in [5, 5.41) is 8.70. The molecule has 3 heteroatoms. The first-order valence-electron chi connectivity index (χ1n) is 5.92. The number of halogens is 1. The number of benzene rings is 1. The number of anilines is 1. The van der Waals surface area contributed by atoms with Gasteiger partial charge < -0.3 is 4.90 Å². The molecule has 0 bridgehead atoms. The molecule has 0 spiro atoms. The minimum absolute atomic E-state index is 0.0991. The molecule has 0 aliphatic carbocycles. The summed E-state index contributed by atoms with van der Waals surface area (Å²) in [6.07, 6.45) is 0. The normalized spacial score (nSPS) is 10.7. The topological polar surface area (TPSA) is 27.0 Å². The average molecular weight is 234 g/mol. The van der Waals surface area contributed by atoms with Crippen molar-refractivity contribution in [1.82, 2.24) is 0 Å². The first-order valence-corrected chi connectivity index (χ1v) is 5.92. The molecule has 0 aliphatic heterocycles. The van der Waals surface area contributed by atoms with Gasteiger partial charge in [-0.25, -0.2) is 4.39 Å². The molecule has 1 rings (SSSR count). The van der Waals surface area contributed by atoms with Crippen molar-refractivity contribution >= 4 is 5.69 Å². The minimum atomic E-state index is -0.445. The minimum Gasteiger partial charge on any atom is -0.369 e. The van der Waals surface area contributed by atoms with E-state index in [0.29, 0.717) is 12.0 Å². The summed E-state index contributed by atoms with van der Waals surface area (Å²) >= 11 is 0. The zero-order valence-electron chi connectivity index (χ0n) is 10.9. The highest BCUT2D eigenvalue weighted by Crippen LogP contribution is 2.21. The van der Waals surface area contributed by atoms with Crippen LogP contribution in [0.3, 0.4) is 0 Å². The van der Waals surface area contributed by atoms with E-state index in [9.17, 15) is 4.39 Å². The van der Waals surface area contributed by atoms with E-state index in [-0.39, 0.29) is 5.56 Å². The first-order chi connectivity index (χ1) is 7.95. The Morgan fingerprint density at radius 2 is 1.94 bits per heavy atom. The van der Waals surface area contributed by atoms with Gasteiger partial charge >= 0.3 is 0 Å².